The van der Waals surface area contributed by atoms with Gasteiger partial charge in [0, 0.05) is 5.02 Å². The van der Waals surface area contributed by atoms with Gasteiger partial charge in [0.25, 0.3) is 15.9 Å². The molecule has 0 unspecified atom stereocenters. The molecule has 2 N–H and O–H groups in total. The van der Waals surface area contributed by atoms with E-state index in [-0.39, 0.29) is 22.7 Å². The fraction of sp³-hybridized carbons (Fsp3) is 0.0625. The summed E-state index contributed by atoms with van der Waals surface area (Å²) in [4.78, 5) is 12.1. The number of nitrogens with one attached hydrogen (secondary N) is 2. The maximum Gasteiger partial charge on any atom is 0.261 e. The molecule has 0 aromatic heterocycles. The van der Waals surface area contributed by atoms with E-state index in [9.17, 15) is 13.2 Å². The van der Waals surface area contributed by atoms with Crippen LogP contribution in [-0.4, -0.2) is 20.9 Å². The first-order valence-electron chi connectivity index (χ1n) is 6.53. The summed E-state index contributed by atoms with van der Waals surface area (Å²) in [5.74, 6) is 1.82. The van der Waals surface area contributed by atoms with E-state index in [1.165, 1.54) is 36.4 Å². The smallest absolute Gasteiger partial charge is 0.261 e. The number of carbonyl (C=O) groups is 1. The second-order valence-electron chi connectivity index (χ2n) is 4.49. The summed E-state index contributed by atoms with van der Waals surface area (Å²) >= 11 is 5.75. The number of halogens is 1. The number of amides is 1. The molecule has 7 heteroatoms. The third-order valence-electron chi connectivity index (χ3n) is 2.89. The molecule has 0 fully saturated rings. The number of anilines is 1. The summed E-state index contributed by atoms with van der Waals surface area (Å²) in [7, 11) is -3.84. The molecule has 2 aromatic carbocycles. The summed E-state index contributed by atoms with van der Waals surface area (Å²) in [5.41, 5.74) is 0.345. The number of para-hydroxylation sites is 1. The van der Waals surface area contributed by atoms with Crippen molar-refractivity contribution in [2.24, 2.45) is 0 Å². The quantitative estimate of drug-likeness (QED) is 0.815. The Kier molecular flexibility index (Phi) is 5.27. The molecule has 2 aromatic rings. The van der Waals surface area contributed by atoms with Gasteiger partial charge in [-0.2, -0.15) is 0 Å². The highest BCUT2D eigenvalue weighted by atomic mass is 35.5. The number of benzene rings is 2. The highest BCUT2D eigenvalue weighted by Gasteiger charge is 2.18. The highest BCUT2D eigenvalue weighted by Crippen LogP contribution is 2.21. The van der Waals surface area contributed by atoms with Crippen LogP contribution in [0.15, 0.2) is 53.4 Å². The lowest BCUT2D eigenvalue weighted by molar-refractivity contribution is 0.0959. The van der Waals surface area contributed by atoms with Crippen LogP contribution in [0, 0.1) is 12.3 Å². The van der Waals surface area contributed by atoms with Gasteiger partial charge in [0.05, 0.1) is 22.7 Å². The van der Waals surface area contributed by atoms with E-state index in [2.05, 4.69) is 16.0 Å². The van der Waals surface area contributed by atoms with E-state index in [0.29, 0.717) is 5.02 Å². The minimum Gasteiger partial charge on any atom is -0.341 e. The second-order valence-corrected chi connectivity index (χ2v) is 6.61. The predicted octanol–water partition coefficient (Wildman–Crippen LogP) is 2.50. The lowest BCUT2D eigenvalue weighted by Gasteiger charge is -2.12. The molecule has 0 aliphatic rings. The van der Waals surface area contributed by atoms with E-state index in [1.807, 2.05) is 0 Å². The average molecular weight is 349 g/mol. The minimum absolute atomic E-state index is 0.0423. The topological polar surface area (TPSA) is 75.3 Å². The van der Waals surface area contributed by atoms with Gasteiger partial charge in [0.2, 0.25) is 0 Å². The monoisotopic (exact) mass is 348 g/mol. The number of rotatable bonds is 5. The van der Waals surface area contributed by atoms with Gasteiger partial charge in [0.15, 0.2) is 0 Å². The minimum atomic E-state index is -3.84. The van der Waals surface area contributed by atoms with Crippen molar-refractivity contribution in [1.29, 1.82) is 0 Å². The zero-order valence-corrected chi connectivity index (χ0v) is 13.5. The zero-order chi connectivity index (χ0) is 16.9. The first-order chi connectivity index (χ1) is 10.9. The molecule has 23 heavy (non-hydrogen) atoms. The maximum atomic E-state index is 12.4. The lowest BCUT2D eigenvalue weighted by atomic mass is 10.2. The van der Waals surface area contributed by atoms with Gasteiger partial charge in [-0.25, -0.2) is 8.42 Å². The Morgan fingerprint density at radius 1 is 1.13 bits per heavy atom. The normalized spacial score (nSPS) is 10.6. The third-order valence-corrected chi connectivity index (χ3v) is 4.52. The Bertz CT molecular complexity index is 856. The van der Waals surface area contributed by atoms with Crippen LogP contribution in [0.25, 0.3) is 0 Å². The van der Waals surface area contributed by atoms with Gasteiger partial charge >= 0.3 is 0 Å². The van der Waals surface area contributed by atoms with Crippen LogP contribution in [-0.2, 0) is 10.0 Å². The summed E-state index contributed by atoms with van der Waals surface area (Å²) in [6.45, 7) is 0.0527. The van der Waals surface area contributed by atoms with Crippen LogP contribution in [0.1, 0.15) is 10.4 Å². The van der Waals surface area contributed by atoms with Crippen molar-refractivity contribution in [3.63, 3.8) is 0 Å². The van der Waals surface area contributed by atoms with Crippen molar-refractivity contribution in [2.75, 3.05) is 11.3 Å². The Morgan fingerprint density at radius 3 is 2.43 bits per heavy atom. The van der Waals surface area contributed by atoms with Crippen molar-refractivity contribution in [3.05, 3.63) is 59.1 Å². The van der Waals surface area contributed by atoms with Gasteiger partial charge in [-0.3, -0.25) is 9.52 Å². The van der Waals surface area contributed by atoms with Crippen molar-refractivity contribution in [2.45, 2.75) is 4.90 Å². The molecule has 0 aliphatic heterocycles. The van der Waals surface area contributed by atoms with Gasteiger partial charge < -0.3 is 5.32 Å². The Morgan fingerprint density at radius 2 is 1.78 bits per heavy atom. The highest BCUT2D eigenvalue weighted by molar-refractivity contribution is 7.92. The van der Waals surface area contributed by atoms with Crippen LogP contribution in [0.5, 0.6) is 0 Å². The predicted molar refractivity (Wildman–Crippen MR) is 89.9 cm³/mol. The number of hydrogen-bond acceptors (Lipinski definition) is 3. The number of carbonyl (C=O) groups excluding carboxylic acids is 1. The Balaban J connectivity index is 2.31. The third kappa shape index (κ3) is 4.25. The van der Waals surface area contributed by atoms with Crippen LogP contribution in [0.4, 0.5) is 5.69 Å². The van der Waals surface area contributed by atoms with Crippen LogP contribution in [0.2, 0.25) is 5.02 Å². The first kappa shape index (κ1) is 16.9. The molecule has 0 saturated heterocycles. The fourth-order valence-corrected chi connectivity index (χ4v) is 3.02. The van der Waals surface area contributed by atoms with Crippen LogP contribution >= 0.6 is 11.6 Å². The molecule has 0 aliphatic carbocycles. The molecule has 0 bridgehead atoms. The molecule has 1 amide bonds. The van der Waals surface area contributed by atoms with Crippen molar-refractivity contribution in [3.8, 4) is 12.3 Å². The standard InChI is InChI=1S/C16H13ClN2O3S/c1-2-11-18-16(20)14-5-3-4-6-15(14)19-23(21,22)13-9-7-12(17)8-10-13/h1,3-10,19H,11H2,(H,18,20). The van der Waals surface area contributed by atoms with E-state index >= 15 is 0 Å². The average Bonchev–Trinajstić information content (AvgIpc) is 2.53. The fourth-order valence-electron chi connectivity index (χ4n) is 1.81. The van der Waals surface area contributed by atoms with E-state index in [4.69, 9.17) is 18.0 Å². The van der Waals surface area contributed by atoms with Crippen molar-refractivity contribution < 1.29 is 13.2 Å². The molecule has 0 atom stereocenters. The summed E-state index contributed by atoms with van der Waals surface area (Å²) in [6.07, 6.45) is 5.10. The molecule has 0 radical (unpaired) electrons. The molecule has 0 saturated carbocycles. The van der Waals surface area contributed by atoms with Gasteiger partial charge in [-0.1, -0.05) is 29.7 Å². The number of hydrogen-bond donors (Lipinski definition) is 2. The molecule has 0 heterocycles. The van der Waals surface area contributed by atoms with Crippen molar-refractivity contribution >= 4 is 33.2 Å². The van der Waals surface area contributed by atoms with Crippen LogP contribution in [0.3, 0.4) is 0 Å². The summed E-state index contributed by atoms with van der Waals surface area (Å²) in [5, 5.41) is 2.92. The van der Waals surface area contributed by atoms with E-state index < -0.39 is 15.9 Å². The van der Waals surface area contributed by atoms with E-state index in [0.717, 1.165) is 0 Å². The molecular formula is C16H13ClN2O3S. The lowest BCUT2D eigenvalue weighted by Crippen LogP contribution is -2.25. The van der Waals surface area contributed by atoms with Crippen LogP contribution < -0.4 is 10.0 Å². The second kappa shape index (κ2) is 7.18. The SMILES string of the molecule is C#CCNC(=O)c1ccccc1NS(=O)(=O)c1ccc(Cl)cc1. The maximum absolute atomic E-state index is 12.4. The number of sulfonamides is 1. The summed E-state index contributed by atoms with van der Waals surface area (Å²) in [6, 6.07) is 12.0. The molecule has 2 rings (SSSR count). The van der Waals surface area contributed by atoms with Crippen molar-refractivity contribution in [1.82, 2.24) is 5.32 Å². The number of terminal acetylenes is 1. The summed E-state index contributed by atoms with van der Waals surface area (Å²) < 4.78 is 27.2. The first-order valence-corrected chi connectivity index (χ1v) is 8.39. The zero-order valence-electron chi connectivity index (χ0n) is 11.9. The van der Waals surface area contributed by atoms with E-state index in [1.54, 1.807) is 12.1 Å². The molecular weight excluding hydrogens is 336 g/mol. The Hall–Kier alpha value is -2.49. The van der Waals surface area contributed by atoms with Gasteiger partial charge in [-0.05, 0) is 36.4 Å². The Labute approximate surface area is 139 Å². The molecule has 118 valence electrons. The van der Waals surface area contributed by atoms with Gasteiger partial charge in [-0.15, -0.1) is 6.42 Å². The van der Waals surface area contributed by atoms with Gasteiger partial charge in [0.1, 0.15) is 0 Å². The molecule has 5 nitrogen and oxygen atoms in total. The largest absolute Gasteiger partial charge is 0.341 e. The molecule has 0 spiro atoms.